The number of ether oxygens (including phenoxy) is 1. The molecule has 5 nitrogen and oxygen atoms in total. The average molecular weight is 238 g/mol. The van der Waals surface area contributed by atoms with E-state index in [0.717, 1.165) is 25.1 Å². The van der Waals surface area contributed by atoms with E-state index in [1.807, 2.05) is 13.8 Å². The van der Waals surface area contributed by atoms with Gasteiger partial charge in [0.05, 0.1) is 0 Å². The molecule has 1 aromatic rings. The molecule has 17 heavy (non-hydrogen) atoms. The highest BCUT2D eigenvalue weighted by Gasteiger charge is 2.33. The molecule has 0 atom stereocenters. The van der Waals surface area contributed by atoms with E-state index in [1.165, 1.54) is 0 Å². The van der Waals surface area contributed by atoms with Crippen LogP contribution in [0.1, 0.15) is 52.2 Å². The molecule has 0 saturated heterocycles. The minimum atomic E-state index is -0.435. The van der Waals surface area contributed by atoms with Crippen molar-refractivity contribution >= 4 is 5.95 Å². The Balaban J connectivity index is 3.21. The van der Waals surface area contributed by atoms with E-state index in [9.17, 15) is 0 Å². The van der Waals surface area contributed by atoms with Crippen molar-refractivity contribution in [1.82, 2.24) is 15.0 Å². The van der Waals surface area contributed by atoms with Crippen LogP contribution in [0, 0.1) is 0 Å². The molecule has 0 fully saturated rings. The number of aryl methyl sites for hydroxylation is 1. The summed E-state index contributed by atoms with van der Waals surface area (Å²) in [5.41, 5.74) is 5.28. The van der Waals surface area contributed by atoms with Crippen LogP contribution in [-0.4, -0.2) is 21.6 Å². The number of hydrogen-bond acceptors (Lipinski definition) is 5. The van der Waals surface area contributed by atoms with Crippen molar-refractivity contribution in [3.63, 3.8) is 0 Å². The summed E-state index contributed by atoms with van der Waals surface area (Å²) in [5, 5.41) is 0. The molecule has 5 heteroatoms. The molecule has 0 aliphatic carbocycles. The molecular formula is C12H22N4O. The van der Waals surface area contributed by atoms with Gasteiger partial charge in [0.1, 0.15) is 11.4 Å². The van der Waals surface area contributed by atoms with Crippen LogP contribution in [0.15, 0.2) is 0 Å². The van der Waals surface area contributed by atoms with Gasteiger partial charge in [-0.1, -0.05) is 20.8 Å². The van der Waals surface area contributed by atoms with Crippen LogP contribution in [0.4, 0.5) is 5.95 Å². The van der Waals surface area contributed by atoms with E-state index in [2.05, 4.69) is 28.8 Å². The average Bonchev–Trinajstić information content (AvgIpc) is 2.35. The van der Waals surface area contributed by atoms with Crippen LogP contribution in [0.5, 0.6) is 0 Å². The molecule has 1 heterocycles. The number of nitrogens with zero attached hydrogens (tertiary/aromatic N) is 3. The summed E-state index contributed by atoms with van der Waals surface area (Å²) in [6.45, 7) is 8.76. The van der Waals surface area contributed by atoms with E-state index in [0.29, 0.717) is 12.4 Å². The molecule has 0 radical (unpaired) electrons. The fourth-order valence-electron chi connectivity index (χ4n) is 1.91. The molecule has 0 spiro atoms. The Hall–Kier alpha value is -1.23. The summed E-state index contributed by atoms with van der Waals surface area (Å²) in [5.74, 6) is 1.66. The zero-order chi connectivity index (χ0) is 12.9. The van der Waals surface area contributed by atoms with Crippen molar-refractivity contribution in [2.45, 2.75) is 52.6 Å². The van der Waals surface area contributed by atoms with Crippen molar-refractivity contribution in [3.8, 4) is 0 Å². The SMILES string of the molecule is CCOC(CC)(CC)c1nc(N)nc(CC)n1. The van der Waals surface area contributed by atoms with Crippen LogP contribution in [0.2, 0.25) is 0 Å². The van der Waals surface area contributed by atoms with Gasteiger partial charge in [0.15, 0.2) is 5.82 Å². The summed E-state index contributed by atoms with van der Waals surface area (Å²) < 4.78 is 5.86. The fourth-order valence-corrected chi connectivity index (χ4v) is 1.91. The van der Waals surface area contributed by atoms with Gasteiger partial charge < -0.3 is 10.5 Å². The first-order valence-electron chi connectivity index (χ1n) is 6.26. The van der Waals surface area contributed by atoms with Gasteiger partial charge in [-0.2, -0.15) is 9.97 Å². The van der Waals surface area contributed by atoms with Gasteiger partial charge in [-0.25, -0.2) is 4.98 Å². The molecule has 2 N–H and O–H groups in total. The van der Waals surface area contributed by atoms with Gasteiger partial charge in [0, 0.05) is 13.0 Å². The minimum Gasteiger partial charge on any atom is -0.368 e. The number of hydrogen-bond donors (Lipinski definition) is 1. The summed E-state index contributed by atoms with van der Waals surface area (Å²) in [4.78, 5) is 12.8. The largest absolute Gasteiger partial charge is 0.368 e. The lowest BCUT2D eigenvalue weighted by Crippen LogP contribution is -2.32. The maximum Gasteiger partial charge on any atom is 0.223 e. The highest BCUT2D eigenvalue weighted by atomic mass is 16.5. The second kappa shape index (κ2) is 5.91. The number of aromatic nitrogens is 3. The topological polar surface area (TPSA) is 73.9 Å². The van der Waals surface area contributed by atoms with Gasteiger partial charge in [-0.05, 0) is 19.8 Å². The molecule has 0 bridgehead atoms. The Labute approximate surface area is 103 Å². The molecular weight excluding hydrogens is 216 g/mol. The second-order valence-corrected chi connectivity index (χ2v) is 3.92. The van der Waals surface area contributed by atoms with Crippen molar-refractivity contribution in [1.29, 1.82) is 0 Å². The van der Waals surface area contributed by atoms with E-state index < -0.39 is 5.60 Å². The number of nitrogens with two attached hydrogens (primary N) is 1. The predicted octanol–water partition coefficient (Wildman–Crippen LogP) is 2.07. The number of nitrogen functional groups attached to an aromatic ring is 1. The van der Waals surface area contributed by atoms with Crippen LogP contribution < -0.4 is 5.73 Å². The quantitative estimate of drug-likeness (QED) is 0.821. The lowest BCUT2D eigenvalue weighted by Gasteiger charge is -2.30. The summed E-state index contributed by atoms with van der Waals surface area (Å²) in [7, 11) is 0. The van der Waals surface area contributed by atoms with Crippen LogP contribution >= 0.6 is 0 Å². The van der Waals surface area contributed by atoms with E-state index in [1.54, 1.807) is 0 Å². The van der Waals surface area contributed by atoms with Gasteiger partial charge in [0.2, 0.25) is 5.95 Å². The summed E-state index contributed by atoms with van der Waals surface area (Å²) in [6, 6.07) is 0. The second-order valence-electron chi connectivity index (χ2n) is 3.92. The van der Waals surface area contributed by atoms with Crippen molar-refractivity contribution in [3.05, 3.63) is 11.6 Å². The lowest BCUT2D eigenvalue weighted by molar-refractivity contribution is -0.0573. The third-order valence-corrected chi connectivity index (χ3v) is 2.99. The molecule has 0 aliphatic heterocycles. The standard InChI is InChI=1S/C12H22N4O/c1-5-9-14-10(16-11(13)15-9)12(6-2,7-3)17-8-4/h5-8H2,1-4H3,(H2,13,14,15,16). The molecule has 0 unspecified atom stereocenters. The Bertz CT molecular complexity index is 364. The summed E-state index contributed by atoms with van der Waals surface area (Å²) >= 11 is 0. The van der Waals surface area contributed by atoms with Gasteiger partial charge >= 0.3 is 0 Å². The molecule has 0 saturated carbocycles. The van der Waals surface area contributed by atoms with Gasteiger partial charge in [0.25, 0.3) is 0 Å². The monoisotopic (exact) mass is 238 g/mol. The predicted molar refractivity (Wildman–Crippen MR) is 67.5 cm³/mol. The Morgan fingerprint density at radius 1 is 1.06 bits per heavy atom. The molecule has 1 rings (SSSR count). The first-order chi connectivity index (χ1) is 8.11. The highest BCUT2D eigenvalue weighted by Crippen LogP contribution is 2.30. The maximum atomic E-state index is 5.86. The lowest BCUT2D eigenvalue weighted by atomic mass is 9.96. The zero-order valence-corrected chi connectivity index (χ0v) is 11.2. The highest BCUT2D eigenvalue weighted by molar-refractivity contribution is 5.19. The van der Waals surface area contributed by atoms with Crippen LogP contribution in [0.3, 0.4) is 0 Å². The Morgan fingerprint density at radius 3 is 2.18 bits per heavy atom. The Morgan fingerprint density at radius 2 is 1.71 bits per heavy atom. The third-order valence-electron chi connectivity index (χ3n) is 2.99. The van der Waals surface area contributed by atoms with Crippen molar-refractivity contribution < 1.29 is 4.74 Å². The van der Waals surface area contributed by atoms with Crippen LogP contribution in [0.25, 0.3) is 0 Å². The molecule has 0 aliphatic rings. The van der Waals surface area contributed by atoms with E-state index in [4.69, 9.17) is 10.5 Å². The third kappa shape index (κ3) is 2.91. The first-order valence-corrected chi connectivity index (χ1v) is 6.26. The van der Waals surface area contributed by atoms with Crippen molar-refractivity contribution in [2.24, 2.45) is 0 Å². The fraction of sp³-hybridized carbons (Fsp3) is 0.750. The normalized spacial score (nSPS) is 11.8. The first kappa shape index (κ1) is 13.8. The van der Waals surface area contributed by atoms with E-state index in [-0.39, 0.29) is 5.95 Å². The molecule has 1 aromatic heterocycles. The Kier molecular flexibility index (Phi) is 4.81. The van der Waals surface area contributed by atoms with Gasteiger partial charge in [-0.15, -0.1) is 0 Å². The molecule has 0 aromatic carbocycles. The molecule has 0 amide bonds. The van der Waals surface area contributed by atoms with E-state index >= 15 is 0 Å². The zero-order valence-electron chi connectivity index (χ0n) is 11.2. The molecule has 96 valence electrons. The minimum absolute atomic E-state index is 0.276. The van der Waals surface area contributed by atoms with Crippen LogP contribution in [-0.2, 0) is 16.8 Å². The number of rotatable bonds is 6. The van der Waals surface area contributed by atoms with Crippen molar-refractivity contribution in [2.75, 3.05) is 12.3 Å². The number of anilines is 1. The maximum absolute atomic E-state index is 5.86. The smallest absolute Gasteiger partial charge is 0.223 e. The summed E-state index contributed by atoms with van der Waals surface area (Å²) in [6.07, 6.45) is 2.39. The van der Waals surface area contributed by atoms with Gasteiger partial charge in [-0.3, -0.25) is 0 Å².